The highest BCUT2D eigenvalue weighted by Crippen LogP contribution is 2.42. The molecule has 1 aliphatic rings. The largest absolute Gasteiger partial charge is 0.484 e. The topological polar surface area (TPSA) is 115 Å². The van der Waals surface area contributed by atoms with Crippen LogP contribution in [0.1, 0.15) is 17.1 Å². The summed E-state index contributed by atoms with van der Waals surface area (Å²) in [6.07, 6.45) is 8.15. The molecule has 10 heteroatoms. The van der Waals surface area contributed by atoms with Gasteiger partial charge in [0.15, 0.2) is 6.61 Å². The van der Waals surface area contributed by atoms with E-state index in [1.807, 2.05) is 37.4 Å². The maximum atomic E-state index is 12.8. The molecule has 4 heterocycles. The molecule has 0 saturated heterocycles. The lowest BCUT2D eigenvalue weighted by molar-refractivity contribution is 0.263. The molecule has 0 saturated carbocycles. The van der Waals surface area contributed by atoms with Gasteiger partial charge >= 0.3 is 0 Å². The van der Waals surface area contributed by atoms with Crippen LogP contribution >= 0.6 is 0 Å². The van der Waals surface area contributed by atoms with Crippen molar-refractivity contribution in [3.8, 4) is 5.75 Å². The van der Waals surface area contributed by atoms with Gasteiger partial charge in [0, 0.05) is 75.3 Å². The van der Waals surface area contributed by atoms with Gasteiger partial charge < -0.3 is 29.3 Å². The van der Waals surface area contributed by atoms with Crippen molar-refractivity contribution < 1.29 is 9.15 Å². The van der Waals surface area contributed by atoms with E-state index >= 15 is 0 Å². The van der Waals surface area contributed by atoms with Gasteiger partial charge in [0.1, 0.15) is 12.0 Å². The lowest BCUT2D eigenvalue weighted by atomic mass is 10.1. The third-order valence-electron chi connectivity index (χ3n) is 6.58. The molecular formula is C27H29N7O3. The second-order valence-corrected chi connectivity index (χ2v) is 8.92. The molecule has 0 aliphatic carbocycles. The van der Waals surface area contributed by atoms with Crippen molar-refractivity contribution in [2.45, 2.75) is 13.5 Å². The summed E-state index contributed by atoms with van der Waals surface area (Å²) in [4.78, 5) is 30.1. The lowest BCUT2D eigenvalue weighted by Crippen LogP contribution is -2.37. The van der Waals surface area contributed by atoms with Gasteiger partial charge in [-0.25, -0.2) is 4.98 Å². The second kappa shape index (κ2) is 9.81. The number of nitrogens with zero attached hydrogens (tertiary/aromatic N) is 6. The van der Waals surface area contributed by atoms with Gasteiger partial charge in [-0.2, -0.15) is 0 Å². The van der Waals surface area contributed by atoms with Gasteiger partial charge in [-0.15, -0.1) is 0 Å². The van der Waals surface area contributed by atoms with Gasteiger partial charge in [0.05, 0.1) is 40.7 Å². The van der Waals surface area contributed by atoms with E-state index in [4.69, 9.17) is 19.9 Å². The quantitative estimate of drug-likeness (QED) is 0.402. The fourth-order valence-corrected chi connectivity index (χ4v) is 4.64. The number of benzene rings is 1. The zero-order chi connectivity index (χ0) is 26.1. The average molecular weight is 500 g/mol. The number of rotatable bonds is 6. The molecule has 0 unspecified atom stereocenters. The van der Waals surface area contributed by atoms with Crippen LogP contribution in [0.5, 0.6) is 5.75 Å². The second-order valence-electron chi connectivity index (χ2n) is 8.92. The van der Waals surface area contributed by atoms with Crippen molar-refractivity contribution in [1.82, 2.24) is 14.5 Å². The van der Waals surface area contributed by atoms with Gasteiger partial charge in [-0.05, 0) is 19.1 Å². The van der Waals surface area contributed by atoms with Crippen LogP contribution in [-0.4, -0.2) is 47.9 Å². The molecule has 0 amide bonds. The first-order chi connectivity index (χ1) is 17.9. The summed E-state index contributed by atoms with van der Waals surface area (Å²) in [5.41, 5.74) is 11.6. The van der Waals surface area contributed by atoms with Gasteiger partial charge in [-0.1, -0.05) is 0 Å². The van der Waals surface area contributed by atoms with Crippen LogP contribution in [0.3, 0.4) is 0 Å². The Kier molecular flexibility index (Phi) is 6.39. The minimum atomic E-state index is -0.0490. The summed E-state index contributed by atoms with van der Waals surface area (Å²) >= 11 is 0. The molecule has 1 aromatic carbocycles. The zero-order valence-corrected chi connectivity index (χ0v) is 21.3. The molecule has 10 nitrogen and oxygen atoms in total. The Morgan fingerprint density at radius 2 is 2.00 bits per heavy atom. The van der Waals surface area contributed by atoms with Crippen LogP contribution in [-0.2, 0) is 13.7 Å². The highest BCUT2D eigenvalue weighted by Gasteiger charge is 2.26. The van der Waals surface area contributed by atoms with Crippen molar-refractivity contribution in [2.24, 2.45) is 17.8 Å². The normalized spacial score (nSPS) is 14.0. The summed E-state index contributed by atoms with van der Waals surface area (Å²) in [5, 5.41) is 0.948. The van der Waals surface area contributed by atoms with E-state index in [1.165, 1.54) is 12.5 Å². The Morgan fingerprint density at radius 3 is 2.73 bits per heavy atom. The number of aromatic nitrogens is 3. The molecule has 190 valence electrons. The van der Waals surface area contributed by atoms with Crippen LogP contribution in [0.4, 0.5) is 17.1 Å². The zero-order valence-electron chi connectivity index (χ0n) is 21.3. The number of allylic oxidation sites excluding steroid dienone is 1. The Bertz CT molecular complexity index is 1570. The van der Waals surface area contributed by atoms with E-state index in [0.29, 0.717) is 17.2 Å². The summed E-state index contributed by atoms with van der Waals surface area (Å²) < 4.78 is 13.0. The summed E-state index contributed by atoms with van der Waals surface area (Å²) in [6, 6.07) is 7.84. The molecule has 2 N–H and O–H groups in total. The van der Waals surface area contributed by atoms with Crippen LogP contribution in [0.15, 0.2) is 63.3 Å². The fraction of sp³-hybridized carbons (Fsp3) is 0.259. The van der Waals surface area contributed by atoms with E-state index < -0.39 is 0 Å². The lowest BCUT2D eigenvalue weighted by Gasteiger charge is -2.37. The number of aryl methyl sites for hydroxylation is 2. The molecule has 0 bridgehead atoms. The van der Waals surface area contributed by atoms with Crippen molar-refractivity contribution in [2.75, 3.05) is 37.0 Å². The van der Waals surface area contributed by atoms with E-state index in [2.05, 4.69) is 26.8 Å². The number of ether oxygens (including phenoxy) is 1. The minimum absolute atomic E-state index is 0.0490. The van der Waals surface area contributed by atoms with E-state index in [9.17, 15) is 4.79 Å². The summed E-state index contributed by atoms with van der Waals surface area (Å²) in [7, 11) is 5.54. The number of nitrogens with two attached hydrogens (primary N) is 1. The third kappa shape index (κ3) is 4.42. The van der Waals surface area contributed by atoms with E-state index in [1.54, 1.807) is 31.1 Å². The SMILES string of the molecule is CN=C/C(=C\N)c1cc2c(cn1)N(c1cc(OCc3ncco3)cc3c1cc(C)c(=O)n3C)CCN2C. The van der Waals surface area contributed by atoms with Crippen molar-refractivity contribution >= 4 is 39.8 Å². The maximum Gasteiger partial charge on any atom is 0.253 e. The summed E-state index contributed by atoms with van der Waals surface area (Å²) in [5.74, 6) is 1.08. The fourth-order valence-electron chi connectivity index (χ4n) is 4.64. The number of fused-ring (bicyclic) bond motifs is 2. The monoisotopic (exact) mass is 499 g/mol. The van der Waals surface area contributed by atoms with Gasteiger partial charge in [-0.3, -0.25) is 14.8 Å². The molecule has 1 aliphatic heterocycles. The number of pyridine rings is 2. The maximum absolute atomic E-state index is 12.8. The van der Waals surface area contributed by atoms with Crippen LogP contribution in [0.25, 0.3) is 16.5 Å². The first-order valence-electron chi connectivity index (χ1n) is 11.9. The Labute approximate surface area is 214 Å². The minimum Gasteiger partial charge on any atom is -0.484 e. The molecule has 0 atom stereocenters. The molecule has 37 heavy (non-hydrogen) atoms. The van der Waals surface area contributed by atoms with E-state index in [0.717, 1.165) is 52.3 Å². The number of anilines is 3. The Hall–Kier alpha value is -4.60. The van der Waals surface area contributed by atoms with Crippen molar-refractivity contribution in [3.05, 3.63) is 76.6 Å². The number of aliphatic imine (C=N–C) groups is 1. The van der Waals surface area contributed by atoms with Gasteiger partial charge in [0.25, 0.3) is 5.56 Å². The molecule has 4 aromatic rings. The molecule has 3 aromatic heterocycles. The first kappa shape index (κ1) is 24.1. The standard InChI is InChI=1S/C27H29N7O3/c1-17-9-20-22(33(4)27(17)35)10-19(37-16-26-30-5-8-36-26)11-23(20)34-7-6-32(3)24-12-21(31-15-25(24)34)18(13-28)14-29-2/h5,8-15H,6-7,16,28H2,1-4H3/b18-13+,29-14?. The van der Waals surface area contributed by atoms with Gasteiger partial charge in [0.2, 0.25) is 5.89 Å². The average Bonchev–Trinajstić information content (AvgIpc) is 3.43. The van der Waals surface area contributed by atoms with E-state index in [-0.39, 0.29) is 12.2 Å². The first-order valence-corrected chi connectivity index (χ1v) is 11.9. The molecular weight excluding hydrogens is 470 g/mol. The van der Waals surface area contributed by atoms with Crippen LogP contribution in [0, 0.1) is 6.92 Å². The molecule has 0 radical (unpaired) electrons. The van der Waals surface area contributed by atoms with Crippen molar-refractivity contribution in [1.29, 1.82) is 0 Å². The number of oxazole rings is 1. The highest BCUT2D eigenvalue weighted by molar-refractivity contribution is 6.09. The van der Waals surface area contributed by atoms with Crippen LogP contribution < -0.4 is 25.8 Å². The Morgan fingerprint density at radius 1 is 1.16 bits per heavy atom. The third-order valence-corrected chi connectivity index (χ3v) is 6.58. The molecule has 5 rings (SSSR count). The summed E-state index contributed by atoms with van der Waals surface area (Å²) in [6.45, 7) is 3.52. The predicted octanol–water partition coefficient (Wildman–Crippen LogP) is 3.40. The molecule has 0 spiro atoms. The number of likely N-dealkylation sites (N-methyl/N-ethyl adjacent to an activating group) is 1. The molecule has 0 fully saturated rings. The smallest absolute Gasteiger partial charge is 0.253 e. The van der Waals surface area contributed by atoms with Crippen LogP contribution in [0.2, 0.25) is 0 Å². The number of hydrogen-bond acceptors (Lipinski definition) is 9. The van der Waals surface area contributed by atoms with Crippen molar-refractivity contribution in [3.63, 3.8) is 0 Å². The number of hydrogen-bond donors (Lipinski definition) is 1. The highest BCUT2D eigenvalue weighted by atomic mass is 16.5. The predicted molar refractivity (Wildman–Crippen MR) is 146 cm³/mol. The Balaban J connectivity index is 1.66.